The van der Waals surface area contributed by atoms with E-state index in [1.165, 1.54) is 0 Å². The molecule has 0 aromatic carbocycles. The Balaban J connectivity index is 2.67. The standard InChI is InChI=1S/3ClH.O2.V/c;;;1-2;/h3*1H;;/q;;;-2;+5/p-3. The second kappa shape index (κ2) is 1.03. The van der Waals surface area contributed by atoms with Crippen LogP contribution in [0.1, 0.15) is 0 Å². The molecule has 0 saturated carbocycles. The predicted octanol–water partition coefficient (Wildman–Crippen LogP) is 1.93. The molecule has 6 heavy (non-hydrogen) atoms. The van der Waals surface area contributed by atoms with E-state index in [9.17, 15) is 0 Å². The van der Waals surface area contributed by atoms with Crippen LogP contribution in [0.4, 0.5) is 0 Å². The van der Waals surface area contributed by atoms with Crippen molar-refractivity contribution in [3.8, 4) is 0 Å². The van der Waals surface area contributed by atoms with Crippen LogP contribution in [-0.2, 0) is 18.3 Å². The van der Waals surface area contributed by atoms with Gasteiger partial charge in [0.05, 0.1) is 0 Å². The van der Waals surface area contributed by atoms with Crippen molar-refractivity contribution < 1.29 is 18.3 Å². The van der Waals surface area contributed by atoms with Crippen LogP contribution in [0.5, 0.6) is 0 Å². The molecule has 1 heterocycles. The molecular weight excluding hydrogens is 189 g/mol. The number of hydrogen-bond acceptors (Lipinski definition) is 2. The van der Waals surface area contributed by atoms with Gasteiger partial charge in [0, 0.05) is 0 Å². The Kier molecular flexibility index (Phi) is 0.945. The molecule has 0 aromatic rings. The fourth-order valence-electron chi connectivity index (χ4n) is 0.0378. The molecule has 0 aliphatic carbocycles. The van der Waals surface area contributed by atoms with Crippen molar-refractivity contribution in [1.29, 1.82) is 0 Å². The number of hydrogen-bond donors (Lipinski definition) is 0. The molecule has 38 valence electrons. The summed E-state index contributed by atoms with van der Waals surface area (Å²) < 4.78 is 8.12. The third-order valence-corrected chi connectivity index (χ3v) is 2.40. The molecule has 1 aliphatic rings. The summed E-state index contributed by atoms with van der Waals surface area (Å²) in [6.07, 6.45) is 0. The molecule has 1 fully saturated rings. The van der Waals surface area contributed by atoms with Crippen LogP contribution >= 0.6 is 29.5 Å². The summed E-state index contributed by atoms with van der Waals surface area (Å²) in [7, 11) is 11.7. The van der Waals surface area contributed by atoms with Gasteiger partial charge in [0.1, 0.15) is 0 Å². The van der Waals surface area contributed by atoms with Crippen molar-refractivity contribution in [3.05, 3.63) is 0 Å². The molecule has 1 rings (SSSR count). The third-order valence-electron chi connectivity index (χ3n) is 0.244. The van der Waals surface area contributed by atoms with Gasteiger partial charge in [0.25, 0.3) is 0 Å². The Morgan fingerprint density at radius 1 is 1.00 bits per heavy atom. The van der Waals surface area contributed by atoms with Crippen LogP contribution in [0.25, 0.3) is 0 Å². The number of halogens is 3. The molecule has 1 saturated heterocycles. The van der Waals surface area contributed by atoms with E-state index in [4.69, 9.17) is 29.5 Å². The fourth-order valence-corrected chi connectivity index (χ4v) is 1.93. The van der Waals surface area contributed by atoms with Gasteiger partial charge in [-0.2, -0.15) is 0 Å². The van der Waals surface area contributed by atoms with Gasteiger partial charge >= 0.3 is 47.9 Å². The summed E-state index contributed by atoms with van der Waals surface area (Å²) in [6.45, 7) is 0. The summed E-state index contributed by atoms with van der Waals surface area (Å²) in [4.78, 5) is 0. The Bertz CT molecular complexity index is 72.5. The Morgan fingerprint density at radius 3 is 1.17 bits per heavy atom. The van der Waals surface area contributed by atoms with Gasteiger partial charge in [-0.15, -0.1) is 0 Å². The average Bonchev–Trinajstić information content (AvgIpc) is 1.73. The van der Waals surface area contributed by atoms with E-state index in [1.54, 1.807) is 0 Å². The molecule has 0 amide bonds. The van der Waals surface area contributed by atoms with Crippen molar-refractivity contribution in [2.24, 2.45) is 0 Å². The first-order chi connectivity index (χ1) is 2.47. The predicted molar refractivity (Wildman–Crippen MR) is 19.7 cm³/mol. The van der Waals surface area contributed by atoms with Crippen molar-refractivity contribution in [3.63, 3.8) is 0 Å². The van der Waals surface area contributed by atoms with Crippen LogP contribution in [0.15, 0.2) is 0 Å². The van der Waals surface area contributed by atoms with E-state index < -0.39 is 10.7 Å². The van der Waals surface area contributed by atoms with Crippen molar-refractivity contribution in [2.75, 3.05) is 0 Å². The molecule has 0 unspecified atom stereocenters. The zero-order valence-corrected chi connectivity index (χ0v) is 6.06. The van der Waals surface area contributed by atoms with Gasteiger partial charge in [-0.05, 0) is 0 Å². The molecule has 2 nitrogen and oxygen atoms in total. The van der Waals surface area contributed by atoms with Crippen molar-refractivity contribution in [2.45, 2.75) is 0 Å². The van der Waals surface area contributed by atoms with Crippen LogP contribution in [0.2, 0.25) is 0 Å². The summed E-state index contributed by atoms with van der Waals surface area (Å²) in [6, 6.07) is 0. The van der Waals surface area contributed by atoms with Gasteiger partial charge in [-0.3, -0.25) is 0 Å². The van der Waals surface area contributed by atoms with E-state index in [-0.39, 0.29) is 0 Å². The summed E-state index contributed by atoms with van der Waals surface area (Å²) in [5, 5.41) is 0. The zero-order valence-electron chi connectivity index (χ0n) is 2.40. The maximum absolute atomic E-state index is 5.16. The fraction of sp³-hybridized carbons (Fsp3) is 0. The third kappa shape index (κ3) is 1.47. The van der Waals surface area contributed by atoms with Crippen LogP contribution in [0, 0.1) is 0 Å². The Hall–Kier alpha value is 1.37. The van der Waals surface area contributed by atoms with E-state index in [2.05, 4.69) is 7.63 Å². The zero-order chi connectivity index (χ0) is 4.86. The maximum atomic E-state index is 5.16. The second-order valence-electron chi connectivity index (χ2n) is 0.829. The summed E-state index contributed by atoms with van der Waals surface area (Å²) in [5.41, 5.74) is 0. The van der Waals surface area contributed by atoms with Gasteiger partial charge in [0.2, 0.25) is 0 Å². The van der Waals surface area contributed by atoms with Gasteiger partial charge in [-0.25, -0.2) is 0 Å². The van der Waals surface area contributed by atoms with E-state index in [0.29, 0.717) is 0 Å². The van der Waals surface area contributed by atoms with Crippen molar-refractivity contribution >= 4 is 29.5 Å². The normalized spacial score (nSPS) is 42.8. The Morgan fingerprint density at radius 2 is 1.17 bits per heavy atom. The summed E-state index contributed by atoms with van der Waals surface area (Å²) in [5.74, 6) is 0. The first-order valence-corrected chi connectivity index (χ1v) is 7.94. The van der Waals surface area contributed by atoms with Crippen LogP contribution in [-0.4, -0.2) is 0 Å². The number of rotatable bonds is 0. The molecule has 6 heteroatoms. The summed E-state index contributed by atoms with van der Waals surface area (Å²) >= 11 is 0. The van der Waals surface area contributed by atoms with Gasteiger partial charge in [0.15, 0.2) is 0 Å². The van der Waals surface area contributed by atoms with Gasteiger partial charge in [-0.1, -0.05) is 0 Å². The second-order valence-corrected chi connectivity index (χ2v) is 13.2. The topological polar surface area (TPSA) is 25.1 Å². The first-order valence-electron chi connectivity index (χ1n) is 1.04. The average molecular weight is 189 g/mol. The molecular formula is Cl3O2V. The monoisotopic (exact) mass is 188 g/mol. The molecule has 0 radical (unpaired) electrons. The van der Waals surface area contributed by atoms with Gasteiger partial charge < -0.3 is 0 Å². The SMILES string of the molecule is [Cl][V]1([Cl])([Cl])[O][O]1. The molecule has 0 bridgehead atoms. The van der Waals surface area contributed by atoms with Crippen LogP contribution in [0.3, 0.4) is 0 Å². The molecule has 1 aliphatic heterocycles. The van der Waals surface area contributed by atoms with E-state index in [0.717, 1.165) is 0 Å². The quantitative estimate of drug-likeness (QED) is 0.430. The minimum absolute atomic E-state index is 3.82. The minimum atomic E-state index is -3.82. The molecule has 0 N–H and O–H groups in total. The Labute approximate surface area is 48.0 Å². The molecule has 0 spiro atoms. The van der Waals surface area contributed by atoms with E-state index in [1.807, 2.05) is 0 Å². The first kappa shape index (κ1) is 5.51. The van der Waals surface area contributed by atoms with Crippen LogP contribution < -0.4 is 0 Å². The molecule has 0 atom stereocenters. The van der Waals surface area contributed by atoms with Crippen molar-refractivity contribution in [1.82, 2.24) is 0 Å². The molecule has 0 aromatic heterocycles. The van der Waals surface area contributed by atoms with E-state index >= 15 is 0 Å².